The smallest absolute Gasteiger partial charge is 0.211 e. The highest BCUT2D eigenvalue weighted by atomic mass is 32.2. The van der Waals surface area contributed by atoms with Crippen LogP contribution in [0.5, 0.6) is 0 Å². The van der Waals surface area contributed by atoms with Crippen LogP contribution in [0.3, 0.4) is 0 Å². The molecule has 0 amide bonds. The molecule has 0 aromatic carbocycles. The summed E-state index contributed by atoms with van der Waals surface area (Å²) in [5.41, 5.74) is 0. The van der Waals surface area contributed by atoms with Gasteiger partial charge in [0.15, 0.2) is 5.25 Å². The summed E-state index contributed by atoms with van der Waals surface area (Å²) in [6.07, 6.45) is 7.11. The quantitative estimate of drug-likeness (QED) is 0.516. The van der Waals surface area contributed by atoms with Crippen molar-refractivity contribution in [3.63, 3.8) is 0 Å². The normalized spacial score (nSPS) is 13.3. The van der Waals surface area contributed by atoms with E-state index < -0.39 is 15.3 Å². The minimum absolute atomic E-state index is 0.427. The van der Waals surface area contributed by atoms with Gasteiger partial charge < -0.3 is 0 Å². The topological polar surface area (TPSA) is 61.2 Å². The Morgan fingerprint density at radius 2 is 1.45 bits per heavy atom. The van der Waals surface area contributed by atoms with Gasteiger partial charge in [0.05, 0.1) is 6.07 Å². The van der Waals surface area contributed by atoms with E-state index in [2.05, 4.69) is 13.8 Å². The molecule has 118 valence electrons. The zero-order valence-corrected chi connectivity index (χ0v) is 14.1. The average Bonchev–Trinajstić information content (AvgIpc) is 2.43. The zero-order chi connectivity index (χ0) is 15.4. The Kier molecular flexibility index (Phi) is 10.8. The first kappa shape index (κ1) is 19.4. The van der Waals surface area contributed by atoms with Gasteiger partial charge >= 0.3 is 0 Å². The van der Waals surface area contributed by atoms with Crippen LogP contribution in [0.1, 0.15) is 72.1 Å². The summed E-state index contributed by atoms with van der Waals surface area (Å²) in [5.74, 6) is 0. The summed E-state index contributed by atoms with van der Waals surface area (Å²) in [4.78, 5) is 0. The Balaban J connectivity index is 4.81. The molecule has 0 N–H and O–H groups in total. The number of rotatable bonds is 12. The maximum atomic E-state index is 12.5. The van der Waals surface area contributed by atoms with Crippen molar-refractivity contribution in [3.8, 4) is 6.07 Å². The molecule has 0 spiro atoms. The molecular weight excluding hydrogens is 272 g/mol. The van der Waals surface area contributed by atoms with E-state index in [4.69, 9.17) is 5.26 Å². The molecule has 0 aromatic heterocycles. The first-order valence-corrected chi connectivity index (χ1v) is 9.43. The van der Waals surface area contributed by atoms with Crippen LogP contribution in [-0.2, 0) is 10.0 Å². The maximum Gasteiger partial charge on any atom is 0.230 e. The van der Waals surface area contributed by atoms with E-state index in [0.717, 1.165) is 44.9 Å². The SMILES string of the molecule is CCCCCN(CCCCC)S(=O)(=O)C(C#N)CCC. The Hall–Kier alpha value is -0.600. The second-order valence-electron chi connectivity index (χ2n) is 5.26. The van der Waals surface area contributed by atoms with Gasteiger partial charge in [0, 0.05) is 13.1 Å². The molecule has 1 unspecified atom stereocenters. The molecule has 0 bridgehead atoms. The van der Waals surface area contributed by atoms with Crippen molar-refractivity contribution in [2.75, 3.05) is 13.1 Å². The zero-order valence-electron chi connectivity index (χ0n) is 13.3. The molecule has 20 heavy (non-hydrogen) atoms. The summed E-state index contributed by atoms with van der Waals surface area (Å²) in [6, 6.07) is 1.97. The molecule has 4 nitrogen and oxygen atoms in total. The Bertz CT molecular complexity index is 364. The van der Waals surface area contributed by atoms with Crippen molar-refractivity contribution in [1.82, 2.24) is 4.31 Å². The molecule has 0 aliphatic carbocycles. The monoisotopic (exact) mass is 302 g/mol. The molecule has 0 aromatic rings. The van der Waals surface area contributed by atoms with Crippen molar-refractivity contribution in [2.45, 2.75) is 77.4 Å². The molecule has 0 saturated heterocycles. The van der Waals surface area contributed by atoms with Crippen LogP contribution in [0, 0.1) is 11.3 Å². The van der Waals surface area contributed by atoms with E-state index in [9.17, 15) is 8.42 Å². The third-order valence-electron chi connectivity index (χ3n) is 3.44. The number of sulfonamides is 1. The summed E-state index contributed by atoms with van der Waals surface area (Å²) in [6.45, 7) is 7.23. The molecular formula is C15H30N2O2S. The lowest BCUT2D eigenvalue weighted by Crippen LogP contribution is -2.39. The van der Waals surface area contributed by atoms with Gasteiger partial charge in [-0.3, -0.25) is 0 Å². The lowest BCUT2D eigenvalue weighted by atomic mass is 10.2. The van der Waals surface area contributed by atoms with Crippen LogP contribution in [0.2, 0.25) is 0 Å². The minimum Gasteiger partial charge on any atom is -0.211 e. The fourth-order valence-electron chi connectivity index (χ4n) is 2.16. The lowest BCUT2D eigenvalue weighted by Gasteiger charge is -2.24. The summed E-state index contributed by atoms with van der Waals surface area (Å²) in [5, 5.41) is 8.25. The maximum absolute atomic E-state index is 12.5. The third-order valence-corrected chi connectivity index (χ3v) is 5.58. The van der Waals surface area contributed by atoms with Crippen LogP contribution in [-0.4, -0.2) is 31.1 Å². The Labute approximate surface area is 125 Å². The second kappa shape index (κ2) is 11.1. The number of nitriles is 1. The number of nitrogens with zero attached hydrogens (tertiary/aromatic N) is 2. The molecule has 0 radical (unpaired) electrons. The number of hydrogen-bond donors (Lipinski definition) is 0. The van der Waals surface area contributed by atoms with E-state index in [1.807, 2.05) is 13.0 Å². The molecule has 0 fully saturated rings. The van der Waals surface area contributed by atoms with E-state index in [1.165, 1.54) is 0 Å². The molecule has 0 aliphatic heterocycles. The van der Waals surface area contributed by atoms with Gasteiger partial charge in [-0.1, -0.05) is 52.9 Å². The van der Waals surface area contributed by atoms with Gasteiger partial charge in [0.25, 0.3) is 0 Å². The molecule has 0 saturated carbocycles. The van der Waals surface area contributed by atoms with Gasteiger partial charge in [-0.05, 0) is 19.3 Å². The standard InChI is InChI=1S/C15H30N2O2S/c1-4-7-9-12-17(13-10-8-5-2)20(18,19)15(14-16)11-6-3/h15H,4-13H2,1-3H3. The van der Waals surface area contributed by atoms with Gasteiger partial charge in [-0.2, -0.15) is 5.26 Å². The largest absolute Gasteiger partial charge is 0.230 e. The van der Waals surface area contributed by atoms with Crippen molar-refractivity contribution < 1.29 is 8.42 Å². The average molecular weight is 302 g/mol. The fourth-order valence-corrected chi connectivity index (χ4v) is 3.96. The van der Waals surface area contributed by atoms with Gasteiger partial charge in [-0.25, -0.2) is 12.7 Å². The lowest BCUT2D eigenvalue weighted by molar-refractivity contribution is 0.384. The van der Waals surface area contributed by atoms with Gasteiger partial charge in [0.1, 0.15) is 0 Å². The number of hydrogen-bond acceptors (Lipinski definition) is 3. The van der Waals surface area contributed by atoms with Crippen LogP contribution in [0.4, 0.5) is 0 Å². The predicted octanol–water partition coefficient (Wildman–Crippen LogP) is 3.69. The first-order chi connectivity index (χ1) is 9.54. The first-order valence-electron chi connectivity index (χ1n) is 7.93. The summed E-state index contributed by atoms with van der Waals surface area (Å²) < 4.78 is 26.6. The highest BCUT2D eigenvalue weighted by Gasteiger charge is 2.30. The third kappa shape index (κ3) is 6.71. The second-order valence-corrected chi connectivity index (χ2v) is 7.38. The van der Waals surface area contributed by atoms with Gasteiger partial charge in [-0.15, -0.1) is 0 Å². The van der Waals surface area contributed by atoms with Crippen LogP contribution < -0.4 is 0 Å². The predicted molar refractivity (Wildman–Crippen MR) is 83.9 cm³/mol. The Morgan fingerprint density at radius 1 is 0.950 bits per heavy atom. The highest BCUT2D eigenvalue weighted by molar-refractivity contribution is 7.90. The van der Waals surface area contributed by atoms with Crippen LogP contribution in [0.15, 0.2) is 0 Å². The van der Waals surface area contributed by atoms with Crippen molar-refractivity contribution in [2.24, 2.45) is 0 Å². The molecule has 1 atom stereocenters. The molecule has 0 heterocycles. The molecule has 0 aliphatic rings. The van der Waals surface area contributed by atoms with Crippen LogP contribution >= 0.6 is 0 Å². The molecule has 5 heteroatoms. The van der Waals surface area contributed by atoms with E-state index in [0.29, 0.717) is 19.5 Å². The van der Waals surface area contributed by atoms with Crippen molar-refractivity contribution >= 4 is 10.0 Å². The number of unbranched alkanes of at least 4 members (excludes halogenated alkanes) is 4. The van der Waals surface area contributed by atoms with Crippen molar-refractivity contribution in [1.29, 1.82) is 5.26 Å². The minimum atomic E-state index is -3.46. The van der Waals surface area contributed by atoms with E-state index in [1.54, 1.807) is 4.31 Å². The highest BCUT2D eigenvalue weighted by Crippen LogP contribution is 2.16. The molecule has 0 rings (SSSR count). The summed E-state index contributed by atoms with van der Waals surface area (Å²) in [7, 11) is -3.46. The van der Waals surface area contributed by atoms with E-state index >= 15 is 0 Å². The fraction of sp³-hybridized carbons (Fsp3) is 0.933. The van der Waals surface area contributed by atoms with E-state index in [-0.39, 0.29) is 0 Å². The van der Waals surface area contributed by atoms with Crippen molar-refractivity contribution in [3.05, 3.63) is 0 Å². The van der Waals surface area contributed by atoms with Crippen LogP contribution in [0.25, 0.3) is 0 Å². The Morgan fingerprint density at radius 3 is 1.80 bits per heavy atom. The van der Waals surface area contributed by atoms with Gasteiger partial charge in [0.2, 0.25) is 10.0 Å². The summed E-state index contributed by atoms with van der Waals surface area (Å²) >= 11 is 0.